The highest BCUT2D eigenvalue weighted by molar-refractivity contribution is 5.93. The average Bonchev–Trinajstić information content (AvgIpc) is 3.31. The molecule has 1 saturated heterocycles. The first-order valence-electron chi connectivity index (χ1n) is 9.81. The Balaban J connectivity index is 1.27. The molecule has 3 aromatic rings. The fraction of sp³-hybridized carbons (Fsp3) is 0.333. The Kier molecular flexibility index (Phi) is 5.81. The second-order valence-electron chi connectivity index (χ2n) is 7.19. The summed E-state index contributed by atoms with van der Waals surface area (Å²) in [5.74, 6) is 0.932. The molecular weight excluding hydrogens is 366 g/mol. The number of nitrogens with zero attached hydrogens (tertiary/aromatic N) is 6. The zero-order valence-corrected chi connectivity index (χ0v) is 16.5. The van der Waals surface area contributed by atoms with Crippen molar-refractivity contribution in [3.63, 3.8) is 0 Å². The minimum atomic E-state index is -0.410. The normalized spacial score (nSPS) is 15.8. The summed E-state index contributed by atoms with van der Waals surface area (Å²) in [6.07, 6.45) is 4.81. The molecular formula is C21H25N7O. The molecule has 0 radical (unpaired) electrons. The molecule has 3 heterocycles. The second kappa shape index (κ2) is 8.83. The van der Waals surface area contributed by atoms with Crippen molar-refractivity contribution < 1.29 is 4.79 Å². The number of pyridine rings is 1. The molecule has 29 heavy (non-hydrogen) atoms. The molecule has 0 bridgehead atoms. The molecule has 1 aliphatic heterocycles. The predicted molar refractivity (Wildman–Crippen MR) is 112 cm³/mol. The number of nitrogens with one attached hydrogen (secondary N) is 1. The van der Waals surface area contributed by atoms with E-state index in [1.54, 1.807) is 13.3 Å². The van der Waals surface area contributed by atoms with Crippen LogP contribution in [-0.4, -0.2) is 56.7 Å². The summed E-state index contributed by atoms with van der Waals surface area (Å²) in [6.45, 7) is 6.66. The van der Waals surface area contributed by atoms with Gasteiger partial charge in [0.05, 0.1) is 0 Å². The third-order valence-corrected chi connectivity index (χ3v) is 5.19. The number of carbonyl (C=O) groups is 1. The van der Waals surface area contributed by atoms with Crippen molar-refractivity contribution in [2.75, 3.05) is 36.4 Å². The molecule has 1 aromatic carbocycles. The molecule has 8 heteroatoms. The highest BCUT2D eigenvalue weighted by atomic mass is 16.2. The number of anilines is 2. The van der Waals surface area contributed by atoms with Crippen LogP contribution in [0.4, 0.5) is 11.5 Å². The number of hydrogen-bond donors (Lipinski definition) is 1. The summed E-state index contributed by atoms with van der Waals surface area (Å²) in [4.78, 5) is 25.4. The Morgan fingerprint density at radius 3 is 2.55 bits per heavy atom. The quantitative estimate of drug-likeness (QED) is 0.694. The van der Waals surface area contributed by atoms with Gasteiger partial charge in [0, 0.05) is 44.6 Å². The van der Waals surface area contributed by atoms with Crippen molar-refractivity contribution in [2.45, 2.75) is 19.5 Å². The minimum absolute atomic E-state index is 0.117. The van der Waals surface area contributed by atoms with E-state index in [-0.39, 0.29) is 5.91 Å². The van der Waals surface area contributed by atoms with E-state index >= 15 is 0 Å². The number of hydrogen-bond acceptors (Lipinski definition) is 6. The summed E-state index contributed by atoms with van der Waals surface area (Å²) in [5, 5.41) is 6.94. The topological polar surface area (TPSA) is 79.2 Å². The monoisotopic (exact) mass is 391 g/mol. The highest BCUT2D eigenvalue weighted by Crippen LogP contribution is 2.17. The van der Waals surface area contributed by atoms with Crippen LogP contribution in [0.3, 0.4) is 0 Å². The standard InChI is InChI=1S/C21H25N7O/c1-17(28-16-22-15-24-28)21(29)25-19-7-5-18(6-8-19)14-26-10-12-27(13-11-26)20-4-2-3-9-23-20/h2-9,15-17H,10-14H2,1H3,(H,25,29)/t17-/m1/s1. The molecule has 1 fully saturated rings. The summed E-state index contributed by atoms with van der Waals surface area (Å²) < 4.78 is 1.54. The van der Waals surface area contributed by atoms with Gasteiger partial charge in [0.1, 0.15) is 24.5 Å². The summed E-state index contributed by atoms with van der Waals surface area (Å²) in [7, 11) is 0. The van der Waals surface area contributed by atoms with Crippen LogP contribution in [0.1, 0.15) is 18.5 Å². The Bertz CT molecular complexity index is 904. The van der Waals surface area contributed by atoms with Gasteiger partial charge >= 0.3 is 0 Å². The summed E-state index contributed by atoms with van der Waals surface area (Å²) in [5.41, 5.74) is 2.02. The molecule has 0 unspecified atom stereocenters. The van der Waals surface area contributed by atoms with Gasteiger partial charge in [-0.15, -0.1) is 0 Å². The number of rotatable bonds is 6. The maximum absolute atomic E-state index is 12.3. The fourth-order valence-corrected chi connectivity index (χ4v) is 3.41. The summed E-state index contributed by atoms with van der Waals surface area (Å²) >= 11 is 0. The van der Waals surface area contributed by atoms with Crippen molar-refractivity contribution in [3.05, 3.63) is 66.9 Å². The zero-order chi connectivity index (χ0) is 20.1. The van der Waals surface area contributed by atoms with Crippen LogP contribution in [0.5, 0.6) is 0 Å². The van der Waals surface area contributed by atoms with Gasteiger partial charge in [-0.05, 0) is 36.8 Å². The smallest absolute Gasteiger partial charge is 0.249 e. The van der Waals surface area contributed by atoms with E-state index < -0.39 is 6.04 Å². The number of aromatic nitrogens is 4. The largest absolute Gasteiger partial charge is 0.354 e. The number of benzene rings is 1. The maximum atomic E-state index is 12.3. The van der Waals surface area contributed by atoms with E-state index in [1.807, 2.05) is 30.5 Å². The first-order valence-corrected chi connectivity index (χ1v) is 9.81. The molecule has 1 N–H and O–H groups in total. The van der Waals surface area contributed by atoms with Crippen molar-refractivity contribution >= 4 is 17.4 Å². The third kappa shape index (κ3) is 4.78. The van der Waals surface area contributed by atoms with Gasteiger partial charge in [-0.3, -0.25) is 9.69 Å². The van der Waals surface area contributed by atoms with Crippen molar-refractivity contribution in [1.29, 1.82) is 0 Å². The van der Waals surface area contributed by atoms with Gasteiger partial charge in [0.15, 0.2) is 0 Å². The van der Waals surface area contributed by atoms with E-state index in [2.05, 4.69) is 48.4 Å². The molecule has 1 atom stereocenters. The predicted octanol–water partition coefficient (Wildman–Crippen LogP) is 2.20. The molecule has 0 saturated carbocycles. The minimum Gasteiger partial charge on any atom is -0.354 e. The Hall–Kier alpha value is -3.26. The molecule has 1 aliphatic rings. The molecule has 0 aliphatic carbocycles. The van der Waals surface area contributed by atoms with E-state index in [9.17, 15) is 4.79 Å². The van der Waals surface area contributed by atoms with Gasteiger partial charge in [-0.1, -0.05) is 18.2 Å². The molecule has 2 aromatic heterocycles. The van der Waals surface area contributed by atoms with Crippen LogP contribution in [0.2, 0.25) is 0 Å². The average molecular weight is 391 g/mol. The highest BCUT2D eigenvalue weighted by Gasteiger charge is 2.18. The van der Waals surface area contributed by atoms with Crippen LogP contribution in [-0.2, 0) is 11.3 Å². The van der Waals surface area contributed by atoms with Gasteiger partial charge in [0.25, 0.3) is 0 Å². The number of piperazine rings is 1. The lowest BCUT2D eigenvalue weighted by Gasteiger charge is -2.35. The van der Waals surface area contributed by atoms with Crippen LogP contribution < -0.4 is 10.2 Å². The lowest BCUT2D eigenvalue weighted by atomic mass is 10.1. The Morgan fingerprint density at radius 1 is 1.10 bits per heavy atom. The van der Waals surface area contributed by atoms with Gasteiger partial charge in [-0.25, -0.2) is 14.6 Å². The van der Waals surface area contributed by atoms with E-state index in [4.69, 9.17) is 0 Å². The van der Waals surface area contributed by atoms with Crippen LogP contribution in [0, 0.1) is 0 Å². The second-order valence-corrected chi connectivity index (χ2v) is 7.19. The van der Waals surface area contributed by atoms with Crippen molar-refractivity contribution in [3.8, 4) is 0 Å². The molecule has 0 spiro atoms. The first-order chi connectivity index (χ1) is 14.2. The van der Waals surface area contributed by atoms with E-state index in [1.165, 1.54) is 16.6 Å². The van der Waals surface area contributed by atoms with Gasteiger partial charge in [0.2, 0.25) is 5.91 Å². The Labute approximate surface area is 170 Å². The maximum Gasteiger partial charge on any atom is 0.249 e. The molecule has 4 rings (SSSR count). The molecule has 150 valence electrons. The van der Waals surface area contributed by atoms with E-state index in [0.29, 0.717) is 0 Å². The van der Waals surface area contributed by atoms with Crippen LogP contribution >= 0.6 is 0 Å². The zero-order valence-electron chi connectivity index (χ0n) is 16.5. The Morgan fingerprint density at radius 2 is 1.90 bits per heavy atom. The number of carbonyl (C=O) groups excluding carboxylic acids is 1. The van der Waals surface area contributed by atoms with Gasteiger partial charge < -0.3 is 10.2 Å². The lowest BCUT2D eigenvalue weighted by Crippen LogP contribution is -2.46. The van der Waals surface area contributed by atoms with Gasteiger partial charge in [-0.2, -0.15) is 5.10 Å². The van der Waals surface area contributed by atoms with E-state index in [0.717, 1.165) is 44.2 Å². The van der Waals surface area contributed by atoms with Crippen molar-refractivity contribution in [1.82, 2.24) is 24.6 Å². The molecule has 1 amide bonds. The number of amides is 1. The first kappa shape index (κ1) is 19.1. The summed E-state index contributed by atoms with van der Waals surface area (Å²) in [6, 6.07) is 13.7. The van der Waals surface area contributed by atoms with Crippen LogP contribution in [0.25, 0.3) is 0 Å². The fourth-order valence-electron chi connectivity index (χ4n) is 3.41. The van der Waals surface area contributed by atoms with Crippen LogP contribution in [0.15, 0.2) is 61.3 Å². The third-order valence-electron chi connectivity index (χ3n) is 5.19. The van der Waals surface area contributed by atoms with Crippen molar-refractivity contribution in [2.24, 2.45) is 0 Å². The lowest BCUT2D eigenvalue weighted by molar-refractivity contribution is -0.119. The SMILES string of the molecule is C[C@H](C(=O)Nc1ccc(CN2CCN(c3ccccn3)CC2)cc1)n1cncn1. The molecule has 8 nitrogen and oxygen atoms in total.